The van der Waals surface area contributed by atoms with E-state index in [2.05, 4.69) is 40.0 Å². The number of ketones is 1. The zero-order valence-corrected chi connectivity index (χ0v) is 22.7. The van der Waals surface area contributed by atoms with E-state index in [9.17, 15) is 9.59 Å². The van der Waals surface area contributed by atoms with Crippen LogP contribution in [0.2, 0.25) is 0 Å². The molecule has 2 aromatic carbocycles. The number of piperazine rings is 1. The van der Waals surface area contributed by atoms with Crippen LogP contribution in [-0.4, -0.2) is 47.3 Å². The lowest BCUT2D eigenvalue weighted by Gasteiger charge is -2.37. The van der Waals surface area contributed by atoms with Crippen LogP contribution >= 0.6 is 0 Å². The molecule has 0 spiro atoms. The molecule has 1 amide bonds. The van der Waals surface area contributed by atoms with E-state index in [4.69, 9.17) is 0 Å². The fourth-order valence-corrected chi connectivity index (χ4v) is 5.22. The highest BCUT2D eigenvalue weighted by molar-refractivity contribution is 6.47. The summed E-state index contributed by atoms with van der Waals surface area (Å²) in [6, 6.07) is 27.2. The maximum Gasteiger partial charge on any atom is 0.298 e. The number of pyridine rings is 2. The Morgan fingerprint density at radius 1 is 0.775 bits per heavy atom. The van der Waals surface area contributed by atoms with Crippen molar-refractivity contribution in [1.29, 1.82) is 0 Å². The van der Waals surface area contributed by atoms with Crippen LogP contribution in [0.3, 0.4) is 0 Å². The van der Waals surface area contributed by atoms with Gasteiger partial charge in [-0.15, -0.1) is 0 Å². The van der Waals surface area contributed by atoms with Crippen molar-refractivity contribution in [2.45, 2.75) is 13.8 Å². The van der Waals surface area contributed by atoms with Gasteiger partial charge in [-0.2, -0.15) is 0 Å². The van der Waals surface area contributed by atoms with Crippen LogP contribution in [0, 0.1) is 13.8 Å². The predicted molar refractivity (Wildman–Crippen MR) is 160 cm³/mol. The molecule has 3 aromatic heterocycles. The van der Waals surface area contributed by atoms with Crippen LogP contribution in [0.15, 0.2) is 97.3 Å². The molecule has 0 atom stereocenters. The Labute approximate surface area is 233 Å². The number of carbonyl (C=O) groups is 2. The number of aromatic nitrogens is 2. The number of anilines is 3. The lowest BCUT2D eigenvalue weighted by Crippen LogP contribution is -2.46. The molecule has 7 nitrogen and oxygen atoms in total. The molecular weight excluding hydrogens is 498 g/mol. The molecule has 40 heavy (non-hydrogen) atoms. The van der Waals surface area contributed by atoms with E-state index < -0.39 is 11.7 Å². The maximum atomic E-state index is 13.5. The van der Waals surface area contributed by atoms with Gasteiger partial charge < -0.3 is 19.5 Å². The van der Waals surface area contributed by atoms with Gasteiger partial charge in [-0.3, -0.25) is 9.59 Å². The van der Waals surface area contributed by atoms with Crippen molar-refractivity contribution in [2.75, 3.05) is 41.3 Å². The van der Waals surface area contributed by atoms with Crippen LogP contribution in [0.5, 0.6) is 0 Å². The number of amides is 1. The lowest BCUT2D eigenvalue weighted by atomic mass is 10.0. The minimum atomic E-state index is -0.664. The fourth-order valence-electron chi connectivity index (χ4n) is 5.22. The summed E-state index contributed by atoms with van der Waals surface area (Å²) in [4.78, 5) is 35.9. The van der Waals surface area contributed by atoms with Gasteiger partial charge >= 0.3 is 0 Å². The summed E-state index contributed by atoms with van der Waals surface area (Å²) in [6.07, 6.45) is 3.75. The summed E-state index contributed by atoms with van der Waals surface area (Å²) in [6.45, 7) is 7.73. The van der Waals surface area contributed by atoms with E-state index >= 15 is 0 Å². The molecule has 1 aliphatic heterocycles. The number of benzene rings is 2. The number of fused-ring (bicyclic) bond motifs is 1. The average molecular weight is 530 g/mol. The number of aryl methyl sites for hydroxylation is 2. The van der Waals surface area contributed by atoms with Gasteiger partial charge in [0, 0.05) is 61.0 Å². The standard InChI is InChI=1S/C33H31N5O2/c1-23-20-30(34-22-24(23)2)37-18-16-36(17-19-37)27-13-11-26(12-14-27)35-33(40)32(39)31-29(25-8-4-3-5-9-25)21-28-10-6-7-15-38(28)31/h3-15,20-22H,16-19H2,1-2H3,(H,35,40). The number of carbonyl (C=O) groups excluding carboxylic acids is 2. The third-order valence-electron chi connectivity index (χ3n) is 7.64. The molecule has 0 aliphatic carbocycles. The number of hydrogen-bond acceptors (Lipinski definition) is 5. The average Bonchev–Trinajstić information content (AvgIpc) is 3.39. The molecular formula is C33H31N5O2. The first kappa shape index (κ1) is 25.4. The van der Waals surface area contributed by atoms with Crippen molar-refractivity contribution in [2.24, 2.45) is 0 Å². The van der Waals surface area contributed by atoms with E-state index in [1.807, 2.05) is 91.3 Å². The second kappa shape index (κ2) is 10.7. The summed E-state index contributed by atoms with van der Waals surface area (Å²) in [5, 5.41) is 2.81. The van der Waals surface area contributed by atoms with Gasteiger partial charge in [0.05, 0.1) is 0 Å². The van der Waals surface area contributed by atoms with Gasteiger partial charge in [-0.05, 0) is 79.1 Å². The third kappa shape index (κ3) is 4.94. The smallest absolute Gasteiger partial charge is 0.298 e. The van der Waals surface area contributed by atoms with Crippen molar-refractivity contribution < 1.29 is 9.59 Å². The monoisotopic (exact) mass is 529 g/mol. The van der Waals surface area contributed by atoms with E-state index in [-0.39, 0.29) is 0 Å². The zero-order chi connectivity index (χ0) is 27.6. The Bertz CT molecular complexity index is 1680. The Balaban J connectivity index is 1.14. The number of rotatable bonds is 6. The van der Waals surface area contributed by atoms with Crippen LogP contribution in [0.25, 0.3) is 16.6 Å². The van der Waals surface area contributed by atoms with Gasteiger partial charge in [-0.1, -0.05) is 36.4 Å². The van der Waals surface area contributed by atoms with Gasteiger partial charge in [0.25, 0.3) is 11.7 Å². The van der Waals surface area contributed by atoms with Crippen molar-refractivity contribution in [3.05, 3.63) is 114 Å². The minimum absolute atomic E-state index is 0.354. The van der Waals surface area contributed by atoms with E-state index in [0.29, 0.717) is 11.4 Å². The summed E-state index contributed by atoms with van der Waals surface area (Å²) in [5.74, 6) is -0.217. The van der Waals surface area contributed by atoms with Crippen LogP contribution < -0.4 is 15.1 Å². The first-order chi connectivity index (χ1) is 19.5. The molecule has 1 aliphatic rings. The topological polar surface area (TPSA) is 70.0 Å². The second-order valence-corrected chi connectivity index (χ2v) is 10.2. The molecule has 1 N–H and O–H groups in total. The Hall–Kier alpha value is -4.91. The minimum Gasteiger partial charge on any atom is -0.368 e. The normalized spacial score (nSPS) is 13.4. The lowest BCUT2D eigenvalue weighted by molar-refractivity contribution is -0.112. The molecule has 5 aromatic rings. The number of Topliss-reactive ketones (excluding diaryl/α,β-unsaturated/α-hetero) is 1. The van der Waals surface area contributed by atoms with E-state index in [0.717, 1.165) is 54.3 Å². The first-order valence-electron chi connectivity index (χ1n) is 13.5. The Morgan fingerprint density at radius 2 is 1.48 bits per heavy atom. The van der Waals surface area contributed by atoms with Gasteiger partial charge in [0.1, 0.15) is 11.5 Å². The molecule has 1 saturated heterocycles. The highest BCUT2D eigenvalue weighted by Gasteiger charge is 2.25. The molecule has 6 rings (SSSR count). The molecule has 0 saturated carbocycles. The Morgan fingerprint density at radius 3 is 2.20 bits per heavy atom. The van der Waals surface area contributed by atoms with E-state index in [1.54, 1.807) is 4.40 Å². The number of nitrogens with one attached hydrogen (secondary N) is 1. The fraction of sp³-hybridized carbons (Fsp3) is 0.182. The zero-order valence-electron chi connectivity index (χ0n) is 22.7. The SMILES string of the molecule is Cc1cnc(N2CCN(c3ccc(NC(=O)C(=O)c4c(-c5ccccc5)cc5ccccn45)cc3)CC2)cc1C. The highest BCUT2D eigenvalue weighted by Crippen LogP contribution is 2.29. The van der Waals surface area contributed by atoms with Crippen molar-refractivity contribution >= 4 is 34.4 Å². The summed E-state index contributed by atoms with van der Waals surface area (Å²) < 4.78 is 1.78. The highest BCUT2D eigenvalue weighted by atomic mass is 16.2. The molecule has 0 unspecified atom stereocenters. The summed E-state index contributed by atoms with van der Waals surface area (Å²) >= 11 is 0. The van der Waals surface area contributed by atoms with Crippen molar-refractivity contribution in [3.63, 3.8) is 0 Å². The maximum absolute atomic E-state index is 13.5. The molecule has 7 heteroatoms. The van der Waals surface area contributed by atoms with Gasteiger partial charge in [0.15, 0.2) is 0 Å². The Kier molecular flexibility index (Phi) is 6.78. The number of hydrogen-bond donors (Lipinski definition) is 1. The third-order valence-corrected chi connectivity index (χ3v) is 7.64. The van der Waals surface area contributed by atoms with Crippen LogP contribution in [-0.2, 0) is 4.79 Å². The van der Waals surface area contributed by atoms with Crippen molar-refractivity contribution in [1.82, 2.24) is 9.38 Å². The number of nitrogens with zero attached hydrogens (tertiary/aromatic N) is 4. The largest absolute Gasteiger partial charge is 0.368 e. The van der Waals surface area contributed by atoms with Crippen LogP contribution in [0.4, 0.5) is 17.2 Å². The van der Waals surface area contributed by atoms with E-state index in [1.165, 1.54) is 11.1 Å². The molecule has 0 radical (unpaired) electrons. The summed E-state index contributed by atoms with van der Waals surface area (Å²) in [7, 11) is 0. The molecule has 1 fully saturated rings. The predicted octanol–water partition coefficient (Wildman–Crippen LogP) is 5.77. The molecule has 0 bridgehead atoms. The summed E-state index contributed by atoms with van der Waals surface area (Å²) in [5.41, 5.74) is 6.96. The quantitative estimate of drug-likeness (QED) is 0.224. The van der Waals surface area contributed by atoms with Crippen molar-refractivity contribution in [3.8, 4) is 11.1 Å². The van der Waals surface area contributed by atoms with Gasteiger partial charge in [0.2, 0.25) is 0 Å². The molecule has 200 valence electrons. The molecule has 4 heterocycles. The van der Waals surface area contributed by atoms with Crippen LogP contribution in [0.1, 0.15) is 21.6 Å². The second-order valence-electron chi connectivity index (χ2n) is 10.2. The first-order valence-corrected chi connectivity index (χ1v) is 13.5. The van der Waals surface area contributed by atoms with Gasteiger partial charge in [-0.25, -0.2) is 4.98 Å².